The van der Waals surface area contributed by atoms with E-state index < -0.39 is 0 Å². The van der Waals surface area contributed by atoms with Crippen LogP contribution in [0.5, 0.6) is 0 Å². The van der Waals surface area contributed by atoms with Gasteiger partial charge in [-0.25, -0.2) is 9.78 Å². The van der Waals surface area contributed by atoms with Gasteiger partial charge in [0.15, 0.2) is 0 Å². The number of urea groups is 1. The summed E-state index contributed by atoms with van der Waals surface area (Å²) in [4.78, 5) is 17.2. The number of nitrogens with one attached hydrogen (secondary N) is 2. The molecule has 0 unspecified atom stereocenters. The van der Waals surface area contributed by atoms with Gasteiger partial charge in [-0.05, 0) is 42.9 Å². The van der Waals surface area contributed by atoms with Gasteiger partial charge in [-0.1, -0.05) is 18.2 Å². The molecule has 1 aromatic carbocycles. The Morgan fingerprint density at radius 1 is 1.29 bits per heavy atom. The number of rotatable bonds is 4. The minimum absolute atomic E-state index is 0.140. The topological polar surface area (TPSA) is 54.0 Å². The van der Waals surface area contributed by atoms with E-state index in [1.54, 1.807) is 11.3 Å². The molecule has 1 heterocycles. The van der Waals surface area contributed by atoms with Gasteiger partial charge in [0.1, 0.15) is 5.01 Å². The molecule has 0 saturated heterocycles. The minimum Gasteiger partial charge on any atom is -0.334 e. The molecule has 0 radical (unpaired) electrons. The average Bonchev–Trinajstić information content (AvgIpc) is 3.11. The van der Waals surface area contributed by atoms with Gasteiger partial charge in [-0.2, -0.15) is 0 Å². The maximum Gasteiger partial charge on any atom is 0.315 e. The van der Waals surface area contributed by atoms with Crippen LogP contribution in [0.4, 0.5) is 4.79 Å². The highest BCUT2D eigenvalue weighted by Crippen LogP contribution is 2.25. The van der Waals surface area contributed by atoms with Crippen molar-refractivity contribution < 1.29 is 4.79 Å². The highest BCUT2D eigenvalue weighted by atomic mass is 32.1. The fraction of sp³-hybridized carbons (Fsp3) is 0.375. The third-order valence-corrected chi connectivity index (χ3v) is 4.66. The number of aromatic nitrogens is 1. The Hall–Kier alpha value is -1.88. The van der Waals surface area contributed by atoms with E-state index >= 15 is 0 Å². The maximum atomic E-state index is 11.9. The number of hydrogen-bond donors (Lipinski definition) is 2. The molecule has 2 aromatic rings. The Morgan fingerprint density at radius 3 is 2.95 bits per heavy atom. The monoisotopic (exact) mass is 301 g/mol. The number of aryl methyl sites for hydroxylation is 2. The zero-order valence-corrected chi connectivity index (χ0v) is 12.9. The number of thiazole rings is 1. The molecule has 4 nitrogen and oxygen atoms in total. The van der Waals surface area contributed by atoms with Gasteiger partial charge < -0.3 is 10.6 Å². The average molecular weight is 301 g/mol. The summed E-state index contributed by atoms with van der Waals surface area (Å²) < 4.78 is 0. The van der Waals surface area contributed by atoms with Crippen molar-refractivity contribution in [1.82, 2.24) is 15.6 Å². The van der Waals surface area contributed by atoms with Gasteiger partial charge in [0, 0.05) is 17.6 Å². The molecule has 5 heteroatoms. The van der Waals surface area contributed by atoms with Crippen molar-refractivity contribution in [2.75, 3.05) is 0 Å². The van der Waals surface area contributed by atoms with Crippen molar-refractivity contribution in [1.29, 1.82) is 0 Å². The van der Waals surface area contributed by atoms with Crippen LogP contribution in [0.3, 0.4) is 0 Å². The standard InChI is InChI=1S/C16H19N3OS/c1-11-8-17-15(21-11)10-19-16(20)18-9-13-6-2-4-12-5-3-7-14(12)13/h2,4,6,8H,3,5,7,9-10H2,1H3,(H2,18,19,20). The first-order valence-corrected chi connectivity index (χ1v) is 8.06. The summed E-state index contributed by atoms with van der Waals surface area (Å²) in [6, 6.07) is 6.24. The number of nitrogens with zero attached hydrogens (tertiary/aromatic N) is 1. The number of fused-ring (bicyclic) bond motifs is 1. The molecule has 2 amide bonds. The third-order valence-electron chi connectivity index (χ3n) is 3.75. The van der Waals surface area contributed by atoms with Crippen LogP contribution in [0.1, 0.15) is 33.0 Å². The van der Waals surface area contributed by atoms with E-state index in [-0.39, 0.29) is 6.03 Å². The summed E-state index contributed by atoms with van der Waals surface area (Å²) in [5.74, 6) is 0. The van der Waals surface area contributed by atoms with Crippen LogP contribution in [-0.2, 0) is 25.9 Å². The Bertz CT molecular complexity index is 651. The van der Waals surface area contributed by atoms with Crippen molar-refractivity contribution in [2.45, 2.75) is 39.3 Å². The normalized spacial score (nSPS) is 13.0. The molecule has 110 valence electrons. The molecule has 0 fully saturated rings. The molecule has 2 N–H and O–H groups in total. The van der Waals surface area contributed by atoms with Crippen LogP contribution >= 0.6 is 11.3 Å². The first-order chi connectivity index (χ1) is 10.2. The first kappa shape index (κ1) is 14.1. The van der Waals surface area contributed by atoms with Crippen LogP contribution < -0.4 is 10.6 Å². The lowest BCUT2D eigenvalue weighted by atomic mass is 10.0. The Kier molecular flexibility index (Phi) is 4.20. The summed E-state index contributed by atoms with van der Waals surface area (Å²) in [6.45, 7) is 3.08. The Labute approximate surface area is 128 Å². The molecule has 1 aliphatic carbocycles. The molecule has 3 rings (SSSR count). The summed E-state index contributed by atoms with van der Waals surface area (Å²) in [5.41, 5.74) is 4.10. The zero-order valence-electron chi connectivity index (χ0n) is 12.1. The molecule has 21 heavy (non-hydrogen) atoms. The second-order valence-electron chi connectivity index (χ2n) is 5.31. The van der Waals surface area contributed by atoms with Crippen LogP contribution in [0.25, 0.3) is 0 Å². The van der Waals surface area contributed by atoms with Crippen LogP contribution in [-0.4, -0.2) is 11.0 Å². The van der Waals surface area contributed by atoms with E-state index in [0.717, 1.165) is 16.3 Å². The maximum absolute atomic E-state index is 11.9. The number of carbonyl (C=O) groups is 1. The van der Waals surface area contributed by atoms with E-state index in [1.165, 1.54) is 29.5 Å². The van der Waals surface area contributed by atoms with Crippen LogP contribution in [0, 0.1) is 6.92 Å². The fourth-order valence-electron chi connectivity index (χ4n) is 2.74. The SMILES string of the molecule is Cc1cnc(CNC(=O)NCc2cccc3c2CCC3)s1. The zero-order chi connectivity index (χ0) is 14.7. The highest BCUT2D eigenvalue weighted by Gasteiger charge is 2.14. The molecular formula is C16H19N3OS. The van der Waals surface area contributed by atoms with Crippen molar-refractivity contribution in [3.8, 4) is 0 Å². The second-order valence-corrected chi connectivity index (χ2v) is 6.63. The largest absolute Gasteiger partial charge is 0.334 e. The highest BCUT2D eigenvalue weighted by molar-refractivity contribution is 7.11. The van der Waals surface area contributed by atoms with Crippen molar-refractivity contribution in [3.63, 3.8) is 0 Å². The lowest BCUT2D eigenvalue weighted by molar-refractivity contribution is 0.240. The summed E-state index contributed by atoms with van der Waals surface area (Å²) in [7, 11) is 0. The molecule has 0 saturated carbocycles. The number of amides is 2. The molecular weight excluding hydrogens is 282 g/mol. The number of hydrogen-bond acceptors (Lipinski definition) is 3. The van der Waals surface area contributed by atoms with Crippen molar-refractivity contribution in [3.05, 3.63) is 51.0 Å². The molecule has 0 aliphatic heterocycles. The fourth-order valence-corrected chi connectivity index (χ4v) is 3.47. The van der Waals surface area contributed by atoms with E-state index in [1.807, 2.05) is 13.1 Å². The summed E-state index contributed by atoms with van der Waals surface area (Å²) in [5, 5.41) is 6.71. The van der Waals surface area contributed by atoms with E-state index in [2.05, 4.69) is 33.8 Å². The molecule has 0 atom stereocenters. The lowest BCUT2D eigenvalue weighted by Crippen LogP contribution is -2.34. The second kappa shape index (κ2) is 6.26. The van der Waals surface area contributed by atoms with Gasteiger partial charge in [0.25, 0.3) is 0 Å². The minimum atomic E-state index is -0.140. The molecule has 1 aromatic heterocycles. The van der Waals surface area contributed by atoms with E-state index in [0.29, 0.717) is 13.1 Å². The van der Waals surface area contributed by atoms with Crippen LogP contribution in [0.2, 0.25) is 0 Å². The van der Waals surface area contributed by atoms with E-state index in [4.69, 9.17) is 0 Å². The first-order valence-electron chi connectivity index (χ1n) is 7.25. The summed E-state index contributed by atoms with van der Waals surface area (Å²) in [6.07, 6.45) is 5.35. The molecule has 0 bridgehead atoms. The van der Waals surface area contributed by atoms with Crippen molar-refractivity contribution in [2.24, 2.45) is 0 Å². The van der Waals surface area contributed by atoms with Gasteiger partial charge in [-0.3, -0.25) is 0 Å². The Balaban J connectivity index is 1.51. The molecule has 1 aliphatic rings. The number of benzene rings is 1. The van der Waals surface area contributed by atoms with Crippen LogP contribution in [0.15, 0.2) is 24.4 Å². The predicted octanol–water partition coefficient (Wildman–Crippen LogP) is 2.94. The van der Waals surface area contributed by atoms with Crippen molar-refractivity contribution >= 4 is 17.4 Å². The number of carbonyl (C=O) groups excluding carboxylic acids is 1. The van der Waals surface area contributed by atoms with Gasteiger partial charge in [0.2, 0.25) is 0 Å². The Morgan fingerprint density at radius 2 is 2.14 bits per heavy atom. The van der Waals surface area contributed by atoms with Gasteiger partial charge in [-0.15, -0.1) is 11.3 Å². The lowest BCUT2D eigenvalue weighted by Gasteiger charge is -2.10. The predicted molar refractivity (Wildman–Crippen MR) is 84.4 cm³/mol. The third kappa shape index (κ3) is 3.42. The van der Waals surface area contributed by atoms with Gasteiger partial charge in [0.05, 0.1) is 6.54 Å². The van der Waals surface area contributed by atoms with Gasteiger partial charge >= 0.3 is 6.03 Å². The quantitative estimate of drug-likeness (QED) is 0.912. The summed E-state index contributed by atoms with van der Waals surface area (Å²) >= 11 is 1.61. The smallest absolute Gasteiger partial charge is 0.315 e. The molecule has 0 spiro atoms. The van der Waals surface area contributed by atoms with E-state index in [9.17, 15) is 4.79 Å².